The molecule has 96 valence electrons. The average Bonchev–Trinajstić information content (AvgIpc) is 2.47. The Bertz CT molecular complexity index is 638. The predicted molar refractivity (Wildman–Crippen MR) is 74.0 cm³/mol. The number of fused-ring (bicyclic) bond motifs is 1. The first-order chi connectivity index (χ1) is 9.29. The largest absolute Gasteiger partial charge is 0.366 e. The summed E-state index contributed by atoms with van der Waals surface area (Å²) in [5, 5.41) is 18.4. The van der Waals surface area contributed by atoms with Crippen molar-refractivity contribution in [3.63, 3.8) is 0 Å². The molecule has 0 radical (unpaired) electrons. The Kier molecular flexibility index (Phi) is 3.02. The first kappa shape index (κ1) is 11.9. The zero-order valence-corrected chi connectivity index (χ0v) is 10.9. The van der Waals surface area contributed by atoms with E-state index in [-0.39, 0.29) is 0 Å². The molecule has 0 bridgehead atoms. The fourth-order valence-corrected chi connectivity index (χ4v) is 2.47. The molecule has 3 rings (SSSR count). The van der Waals surface area contributed by atoms with Crippen LogP contribution in [0.2, 0.25) is 0 Å². The van der Waals surface area contributed by atoms with Crippen molar-refractivity contribution in [2.24, 2.45) is 0 Å². The highest BCUT2D eigenvalue weighted by atomic mass is 15.3. The minimum atomic E-state index is 0.420. The minimum Gasteiger partial charge on any atom is -0.366 e. The van der Waals surface area contributed by atoms with E-state index in [9.17, 15) is 5.26 Å². The summed E-state index contributed by atoms with van der Waals surface area (Å²) in [7, 11) is 2.12. The van der Waals surface area contributed by atoms with Crippen LogP contribution in [0.4, 0.5) is 5.69 Å². The van der Waals surface area contributed by atoms with Crippen LogP contribution in [-0.2, 0) is 0 Å². The second-order valence-electron chi connectivity index (χ2n) is 4.82. The van der Waals surface area contributed by atoms with Crippen LogP contribution in [0.25, 0.3) is 10.9 Å². The number of hydrogen-bond donors (Lipinski definition) is 0. The van der Waals surface area contributed by atoms with Crippen LogP contribution in [0, 0.1) is 11.3 Å². The molecule has 1 fully saturated rings. The SMILES string of the molecule is CN1CCN(c2c(C#N)nnc3ccccc23)CC1. The van der Waals surface area contributed by atoms with Crippen LogP contribution < -0.4 is 4.90 Å². The predicted octanol–water partition coefficient (Wildman–Crippen LogP) is 1.25. The Hall–Kier alpha value is -2.19. The monoisotopic (exact) mass is 253 g/mol. The Labute approximate surface area is 112 Å². The van der Waals surface area contributed by atoms with Crippen molar-refractivity contribution in [2.45, 2.75) is 0 Å². The summed E-state index contributed by atoms with van der Waals surface area (Å²) >= 11 is 0. The maximum absolute atomic E-state index is 9.27. The zero-order valence-electron chi connectivity index (χ0n) is 10.9. The van der Waals surface area contributed by atoms with Gasteiger partial charge in [0.2, 0.25) is 0 Å². The molecule has 5 heteroatoms. The standard InChI is InChI=1S/C14H15N5/c1-18-6-8-19(9-7-18)14-11-4-2-3-5-12(11)16-17-13(14)10-15/h2-5H,6-9H2,1H3. The van der Waals surface area contributed by atoms with E-state index < -0.39 is 0 Å². The molecule has 0 spiro atoms. The Morgan fingerprint density at radius 1 is 1.11 bits per heavy atom. The highest BCUT2D eigenvalue weighted by Crippen LogP contribution is 2.28. The van der Waals surface area contributed by atoms with Crippen LogP contribution in [0.15, 0.2) is 24.3 Å². The second kappa shape index (κ2) is 4.82. The van der Waals surface area contributed by atoms with E-state index in [0.717, 1.165) is 42.8 Å². The first-order valence-electron chi connectivity index (χ1n) is 6.38. The summed E-state index contributed by atoms with van der Waals surface area (Å²) in [6.45, 7) is 3.84. The third-order valence-electron chi connectivity index (χ3n) is 3.57. The van der Waals surface area contributed by atoms with Crippen LogP contribution in [0.1, 0.15) is 5.69 Å². The van der Waals surface area contributed by atoms with Crippen LogP contribution in [-0.4, -0.2) is 48.3 Å². The molecule has 1 aliphatic rings. The first-order valence-corrected chi connectivity index (χ1v) is 6.38. The Morgan fingerprint density at radius 2 is 1.84 bits per heavy atom. The Morgan fingerprint density at radius 3 is 2.58 bits per heavy atom. The van der Waals surface area contributed by atoms with Crippen molar-refractivity contribution in [1.82, 2.24) is 15.1 Å². The van der Waals surface area contributed by atoms with Crippen molar-refractivity contribution < 1.29 is 0 Å². The summed E-state index contributed by atoms with van der Waals surface area (Å²) in [6, 6.07) is 10.0. The van der Waals surface area contributed by atoms with E-state index in [2.05, 4.69) is 33.1 Å². The number of hydrogen-bond acceptors (Lipinski definition) is 5. The van der Waals surface area contributed by atoms with Gasteiger partial charge >= 0.3 is 0 Å². The van der Waals surface area contributed by atoms with Crippen molar-refractivity contribution >= 4 is 16.6 Å². The number of piperazine rings is 1. The lowest BCUT2D eigenvalue weighted by atomic mass is 10.1. The van der Waals surface area contributed by atoms with Crippen molar-refractivity contribution in [1.29, 1.82) is 5.26 Å². The van der Waals surface area contributed by atoms with Crippen molar-refractivity contribution in [3.8, 4) is 6.07 Å². The highest BCUT2D eigenvalue weighted by molar-refractivity contribution is 5.93. The van der Waals surface area contributed by atoms with E-state index in [1.54, 1.807) is 0 Å². The number of anilines is 1. The smallest absolute Gasteiger partial charge is 0.187 e. The fourth-order valence-electron chi connectivity index (χ4n) is 2.47. The number of likely N-dealkylation sites (N-methyl/N-ethyl adjacent to an activating group) is 1. The third-order valence-corrected chi connectivity index (χ3v) is 3.57. The van der Waals surface area contributed by atoms with E-state index in [1.807, 2.05) is 24.3 Å². The van der Waals surface area contributed by atoms with E-state index >= 15 is 0 Å². The van der Waals surface area contributed by atoms with Gasteiger partial charge in [-0.15, -0.1) is 10.2 Å². The lowest BCUT2D eigenvalue weighted by Crippen LogP contribution is -2.45. The lowest BCUT2D eigenvalue weighted by molar-refractivity contribution is 0.313. The van der Waals surface area contributed by atoms with E-state index in [4.69, 9.17) is 0 Å². The molecule has 0 saturated carbocycles. The summed E-state index contributed by atoms with van der Waals surface area (Å²) < 4.78 is 0. The molecule has 0 atom stereocenters. The van der Waals surface area contributed by atoms with E-state index in [1.165, 1.54) is 0 Å². The molecule has 0 aliphatic carbocycles. The summed E-state index contributed by atoms with van der Waals surface area (Å²) in [4.78, 5) is 4.54. The molecular formula is C14H15N5. The molecule has 19 heavy (non-hydrogen) atoms. The highest BCUT2D eigenvalue weighted by Gasteiger charge is 2.20. The topological polar surface area (TPSA) is 56.0 Å². The molecule has 1 saturated heterocycles. The number of aromatic nitrogens is 2. The lowest BCUT2D eigenvalue weighted by Gasteiger charge is -2.34. The van der Waals surface area contributed by atoms with Gasteiger partial charge in [0.15, 0.2) is 5.69 Å². The van der Waals surface area contributed by atoms with Gasteiger partial charge in [-0.05, 0) is 13.1 Å². The van der Waals surface area contributed by atoms with Gasteiger partial charge in [0.1, 0.15) is 6.07 Å². The normalized spacial score (nSPS) is 16.5. The van der Waals surface area contributed by atoms with Gasteiger partial charge in [-0.1, -0.05) is 18.2 Å². The molecule has 1 aliphatic heterocycles. The number of nitrogens with zero attached hydrogens (tertiary/aromatic N) is 5. The molecule has 2 heterocycles. The fraction of sp³-hybridized carbons (Fsp3) is 0.357. The summed E-state index contributed by atoms with van der Waals surface area (Å²) in [6.07, 6.45) is 0. The Balaban J connectivity index is 2.12. The molecule has 0 N–H and O–H groups in total. The van der Waals surface area contributed by atoms with Crippen LogP contribution in [0.5, 0.6) is 0 Å². The molecule has 0 amide bonds. The quantitative estimate of drug-likeness (QED) is 0.765. The second-order valence-corrected chi connectivity index (χ2v) is 4.82. The van der Waals surface area contributed by atoms with Crippen LogP contribution >= 0.6 is 0 Å². The number of nitriles is 1. The molecule has 5 nitrogen and oxygen atoms in total. The molecule has 0 unspecified atom stereocenters. The van der Waals surface area contributed by atoms with Gasteiger partial charge in [-0.2, -0.15) is 5.26 Å². The molecule has 1 aromatic heterocycles. The maximum atomic E-state index is 9.27. The van der Waals surface area contributed by atoms with Gasteiger partial charge in [-0.3, -0.25) is 0 Å². The van der Waals surface area contributed by atoms with Crippen molar-refractivity contribution in [2.75, 3.05) is 38.1 Å². The number of rotatable bonds is 1. The molecule has 1 aromatic carbocycles. The van der Waals surface area contributed by atoms with E-state index in [0.29, 0.717) is 5.69 Å². The van der Waals surface area contributed by atoms with Crippen LogP contribution in [0.3, 0.4) is 0 Å². The molecular weight excluding hydrogens is 238 g/mol. The van der Waals surface area contributed by atoms with Gasteiger partial charge in [-0.25, -0.2) is 0 Å². The summed E-state index contributed by atoms with van der Waals surface area (Å²) in [5.41, 5.74) is 2.19. The zero-order chi connectivity index (χ0) is 13.2. The maximum Gasteiger partial charge on any atom is 0.187 e. The average molecular weight is 253 g/mol. The van der Waals surface area contributed by atoms with Gasteiger partial charge in [0.05, 0.1) is 11.2 Å². The third kappa shape index (κ3) is 2.11. The van der Waals surface area contributed by atoms with Gasteiger partial charge < -0.3 is 9.80 Å². The van der Waals surface area contributed by atoms with Gasteiger partial charge in [0, 0.05) is 31.6 Å². The minimum absolute atomic E-state index is 0.420. The summed E-state index contributed by atoms with van der Waals surface area (Å²) in [5.74, 6) is 0. The molecule has 2 aromatic rings. The van der Waals surface area contributed by atoms with Gasteiger partial charge in [0.25, 0.3) is 0 Å². The number of benzene rings is 1. The van der Waals surface area contributed by atoms with Crippen molar-refractivity contribution in [3.05, 3.63) is 30.0 Å².